The van der Waals surface area contributed by atoms with E-state index in [1.54, 1.807) is 7.11 Å². The molecule has 2 fully saturated rings. The van der Waals surface area contributed by atoms with Crippen molar-refractivity contribution < 1.29 is 9.47 Å². The monoisotopic (exact) mass is 255 g/mol. The predicted molar refractivity (Wildman–Crippen MR) is 73.8 cm³/mol. The highest BCUT2D eigenvalue weighted by Gasteiger charge is 2.41. The van der Waals surface area contributed by atoms with Crippen molar-refractivity contribution in [3.05, 3.63) is 0 Å². The van der Waals surface area contributed by atoms with E-state index in [4.69, 9.17) is 9.47 Å². The van der Waals surface area contributed by atoms with E-state index in [1.807, 2.05) is 0 Å². The first kappa shape index (κ1) is 14.3. The zero-order valence-corrected chi connectivity index (χ0v) is 12.0. The summed E-state index contributed by atoms with van der Waals surface area (Å²) in [5.74, 6) is 0.795. The van der Waals surface area contributed by atoms with Gasteiger partial charge in [0.2, 0.25) is 0 Å². The van der Waals surface area contributed by atoms with Gasteiger partial charge in [-0.2, -0.15) is 0 Å². The normalized spacial score (nSPS) is 34.0. The molecule has 3 nitrogen and oxygen atoms in total. The number of hydrogen-bond donors (Lipinski definition) is 1. The molecule has 3 unspecified atom stereocenters. The molecule has 0 aliphatic heterocycles. The van der Waals surface area contributed by atoms with E-state index in [9.17, 15) is 0 Å². The van der Waals surface area contributed by atoms with Crippen molar-refractivity contribution in [2.24, 2.45) is 5.92 Å². The van der Waals surface area contributed by atoms with Crippen LogP contribution in [0, 0.1) is 5.92 Å². The van der Waals surface area contributed by atoms with E-state index in [0.29, 0.717) is 12.1 Å². The standard InChI is InChI=1S/C15H29NO2/c1-3-16-13-10-14(15(13)17-2)18-11-12-8-6-4-5-7-9-12/h12-16H,3-11H2,1-2H3. The van der Waals surface area contributed by atoms with Gasteiger partial charge in [0.15, 0.2) is 0 Å². The van der Waals surface area contributed by atoms with Crippen LogP contribution in [0.2, 0.25) is 0 Å². The Bertz CT molecular complexity index is 227. The van der Waals surface area contributed by atoms with Crippen LogP contribution in [0.3, 0.4) is 0 Å². The SMILES string of the molecule is CCNC1CC(OCC2CCCCCC2)C1OC. The average Bonchev–Trinajstić information content (AvgIpc) is 2.62. The highest BCUT2D eigenvalue weighted by molar-refractivity contribution is 4.97. The first-order chi connectivity index (χ1) is 8.85. The summed E-state index contributed by atoms with van der Waals surface area (Å²) in [4.78, 5) is 0. The van der Waals surface area contributed by atoms with Gasteiger partial charge in [0, 0.05) is 19.8 Å². The molecule has 2 aliphatic carbocycles. The summed E-state index contributed by atoms with van der Waals surface area (Å²) in [6.45, 7) is 4.11. The van der Waals surface area contributed by atoms with Crippen molar-refractivity contribution in [1.82, 2.24) is 5.32 Å². The van der Waals surface area contributed by atoms with Gasteiger partial charge < -0.3 is 14.8 Å². The van der Waals surface area contributed by atoms with Gasteiger partial charge in [0.25, 0.3) is 0 Å². The Kier molecular flexibility index (Phi) is 5.93. The van der Waals surface area contributed by atoms with Crippen LogP contribution in [0.15, 0.2) is 0 Å². The molecule has 0 saturated heterocycles. The van der Waals surface area contributed by atoms with Gasteiger partial charge >= 0.3 is 0 Å². The number of methoxy groups -OCH3 is 1. The molecule has 2 saturated carbocycles. The summed E-state index contributed by atoms with van der Waals surface area (Å²) in [6, 6.07) is 0.499. The lowest BCUT2D eigenvalue weighted by atomic mass is 9.85. The summed E-state index contributed by atoms with van der Waals surface area (Å²) in [5, 5.41) is 3.46. The minimum absolute atomic E-state index is 0.260. The van der Waals surface area contributed by atoms with Crippen LogP contribution >= 0.6 is 0 Å². The molecule has 1 N–H and O–H groups in total. The fraction of sp³-hybridized carbons (Fsp3) is 1.00. The Morgan fingerprint density at radius 3 is 2.44 bits per heavy atom. The summed E-state index contributed by atoms with van der Waals surface area (Å²) >= 11 is 0. The molecule has 0 aromatic heterocycles. The van der Waals surface area contributed by atoms with Gasteiger partial charge in [0.05, 0.1) is 12.2 Å². The molecule has 106 valence electrons. The highest BCUT2D eigenvalue weighted by Crippen LogP contribution is 2.29. The van der Waals surface area contributed by atoms with E-state index < -0.39 is 0 Å². The molecule has 0 radical (unpaired) electrons. The third kappa shape index (κ3) is 3.69. The van der Waals surface area contributed by atoms with E-state index >= 15 is 0 Å². The van der Waals surface area contributed by atoms with Crippen LogP contribution in [-0.4, -0.2) is 38.5 Å². The van der Waals surface area contributed by atoms with Crippen molar-refractivity contribution in [3.8, 4) is 0 Å². The quantitative estimate of drug-likeness (QED) is 0.740. The molecule has 3 atom stereocenters. The zero-order valence-electron chi connectivity index (χ0n) is 12.0. The van der Waals surface area contributed by atoms with Gasteiger partial charge in [-0.15, -0.1) is 0 Å². The molecule has 2 aliphatic rings. The number of hydrogen-bond acceptors (Lipinski definition) is 3. The number of likely N-dealkylation sites (N-methyl/N-ethyl adjacent to an activating group) is 1. The Morgan fingerprint density at radius 2 is 1.83 bits per heavy atom. The first-order valence-corrected chi connectivity index (χ1v) is 7.73. The maximum atomic E-state index is 6.09. The Labute approximate surface area is 112 Å². The summed E-state index contributed by atoms with van der Waals surface area (Å²) in [6.07, 6.45) is 10.0. The number of rotatable bonds is 6. The van der Waals surface area contributed by atoms with E-state index in [1.165, 1.54) is 38.5 Å². The molecule has 18 heavy (non-hydrogen) atoms. The molecule has 0 bridgehead atoms. The molecule has 0 spiro atoms. The number of ether oxygens (including phenoxy) is 2. The average molecular weight is 255 g/mol. The van der Waals surface area contributed by atoms with Crippen LogP contribution in [0.5, 0.6) is 0 Å². The first-order valence-electron chi connectivity index (χ1n) is 7.73. The van der Waals surface area contributed by atoms with Gasteiger partial charge in [-0.05, 0) is 31.7 Å². The Morgan fingerprint density at radius 1 is 1.11 bits per heavy atom. The van der Waals surface area contributed by atoms with Crippen molar-refractivity contribution in [3.63, 3.8) is 0 Å². The molecule has 0 aromatic carbocycles. The second-order valence-electron chi connectivity index (χ2n) is 5.83. The minimum Gasteiger partial charge on any atom is -0.377 e. The molecule has 3 heteroatoms. The van der Waals surface area contributed by atoms with Crippen LogP contribution in [0.25, 0.3) is 0 Å². The van der Waals surface area contributed by atoms with E-state index in [-0.39, 0.29) is 6.10 Å². The molecule has 0 aromatic rings. The summed E-state index contributed by atoms with van der Waals surface area (Å²) in [5.41, 5.74) is 0. The lowest BCUT2D eigenvalue weighted by Crippen LogP contribution is -2.59. The largest absolute Gasteiger partial charge is 0.377 e. The van der Waals surface area contributed by atoms with Crippen molar-refractivity contribution in [2.75, 3.05) is 20.3 Å². The van der Waals surface area contributed by atoms with Crippen LogP contribution in [0.4, 0.5) is 0 Å². The van der Waals surface area contributed by atoms with E-state index in [0.717, 1.165) is 25.5 Å². The van der Waals surface area contributed by atoms with Gasteiger partial charge in [-0.3, -0.25) is 0 Å². The Hall–Kier alpha value is -0.120. The lowest BCUT2D eigenvalue weighted by Gasteiger charge is -2.44. The highest BCUT2D eigenvalue weighted by atomic mass is 16.5. The molecular weight excluding hydrogens is 226 g/mol. The molecule has 0 amide bonds. The Balaban J connectivity index is 1.67. The maximum absolute atomic E-state index is 6.09. The van der Waals surface area contributed by atoms with E-state index in [2.05, 4.69) is 12.2 Å². The van der Waals surface area contributed by atoms with Crippen molar-refractivity contribution in [2.45, 2.75) is 70.1 Å². The molecule has 0 heterocycles. The fourth-order valence-electron chi connectivity index (χ4n) is 3.31. The van der Waals surface area contributed by atoms with Crippen LogP contribution in [-0.2, 0) is 9.47 Å². The predicted octanol–water partition coefficient (Wildman–Crippen LogP) is 2.74. The lowest BCUT2D eigenvalue weighted by molar-refractivity contribution is -0.140. The third-order valence-electron chi connectivity index (χ3n) is 4.51. The minimum atomic E-state index is 0.260. The number of nitrogens with one attached hydrogen (secondary N) is 1. The fourth-order valence-corrected chi connectivity index (χ4v) is 3.31. The second-order valence-corrected chi connectivity index (χ2v) is 5.83. The smallest absolute Gasteiger partial charge is 0.0986 e. The summed E-state index contributed by atoms with van der Waals surface area (Å²) in [7, 11) is 1.80. The van der Waals surface area contributed by atoms with Crippen molar-refractivity contribution >= 4 is 0 Å². The van der Waals surface area contributed by atoms with Gasteiger partial charge in [0.1, 0.15) is 0 Å². The van der Waals surface area contributed by atoms with Crippen LogP contribution < -0.4 is 5.32 Å². The van der Waals surface area contributed by atoms with Gasteiger partial charge in [-0.1, -0.05) is 32.6 Å². The molecule has 2 rings (SSSR count). The topological polar surface area (TPSA) is 30.5 Å². The third-order valence-corrected chi connectivity index (χ3v) is 4.51. The zero-order chi connectivity index (χ0) is 12.8. The maximum Gasteiger partial charge on any atom is 0.0986 e. The van der Waals surface area contributed by atoms with Crippen LogP contribution in [0.1, 0.15) is 51.9 Å². The van der Waals surface area contributed by atoms with Crippen molar-refractivity contribution in [1.29, 1.82) is 0 Å². The summed E-state index contributed by atoms with van der Waals surface area (Å²) < 4.78 is 11.6. The molecular formula is C15H29NO2. The second kappa shape index (κ2) is 7.46. The van der Waals surface area contributed by atoms with Gasteiger partial charge in [-0.25, -0.2) is 0 Å².